The molecule has 5 heteroatoms. The topological polar surface area (TPSA) is 35.2 Å². The minimum atomic E-state index is -4.57. The van der Waals surface area contributed by atoms with E-state index in [-0.39, 0.29) is 11.4 Å². The zero-order chi connectivity index (χ0) is 20.6. The third-order valence-electron chi connectivity index (χ3n) is 4.47. The van der Waals surface area contributed by atoms with Gasteiger partial charge in [-0.3, -0.25) is 0 Å². The molecule has 0 aliphatic rings. The molecule has 0 aliphatic heterocycles. The number of rotatable bonds is 3. The number of anilines is 1. The molecule has 3 aromatic carbocycles. The minimum absolute atomic E-state index is 0.0369. The number of aryl methyl sites for hydroxylation is 4. The van der Waals surface area contributed by atoms with Crippen molar-refractivity contribution in [2.45, 2.75) is 33.9 Å². The average Bonchev–Trinajstić information content (AvgIpc) is 2.56. The molecule has 28 heavy (non-hydrogen) atoms. The summed E-state index contributed by atoms with van der Waals surface area (Å²) >= 11 is 0. The van der Waals surface area contributed by atoms with Crippen molar-refractivity contribution < 1.29 is 17.9 Å². The molecule has 0 aromatic heterocycles. The number of benzene rings is 3. The number of nitrogens with two attached hydrogens (primary N) is 1. The summed E-state index contributed by atoms with van der Waals surface area (Å²) in [6.45, 7) is 7.76. The van der Waals surface area contributed by atoms with Crippen LogP contribution in [0.2, 0.25) is 0 Å². The van der Waals surface area contributed by atoms with Crippen LogP contribution in [0, 0.1) is 27.7 Å². The highest BCUT2D eigenvalue weighted by Crippen LogP contribution is 2.43. The summed E-state index contributed by atoms with van der Waals surface area (Å²) in [6, 6.07) is 13.5. The summed E-state index contributed by atoms with van der Waals surface area (Å²) in [7, 11) is 0. The van der Waals surface area contributed by atoms with Gasteiger partial charge in [0.25, 0.3) is 0 Å². The van der Waals surface area contributed by atoms with Gasteiger partial charge in [-0.05, 0) is 68.7 Å². The van der Waals surface area contributed by atoms with Gasteiger partial charge in [0.1, 0.15) is 17.1 Å². The van der Waals surface area contributed by atoms with Gasteiger partial charge in [0, 0.05) is 11.3 Å². The number of hydrogen-bond acceptors (Lipinski definition) is 2. The zero-order valence-electron chi connectivity index (χ0n) is 16.2. The van der Waals surface area contributed by atoms with E-state index in [9.17, 15) is 13.2 Å². The highest BCUT2D eigenvalue weighted by atomic mass is 19.4. The summed E-state index contributed by atoms with van der Waals surface area (Å²) in [5.74, 6) is 0.144. The fourth-order valence-corrected chi connectivity index (χ4v) is 3.40. The summed E-state index contributed by atoms with van der Waals surface area (Å²) in [6.07, 6.45) is -4.57. The van der Waals surface area contributed by atoms with Gasteiger partial charge < -0.3 is 10.5 Å². The Bertz CT molecular complexity index is 1020. The predicted octanol–water partition coefficient (Wildman–Crippen LogP) is 6.98. The molecule has 0 bridgehead atoms. The third kappa shape index (κ3) is 4.14. The van der Waals surface area contributed by atoms with E-state index in [1.165, 1.54) is 12.1 Å². The standard InChI is InChI=1S/C23H22F3NO/c1-13-7-14(2)10-17(9-13)19-11-15(3)8-16(4)22(19)28-21-6-5-18(27)12-20(21)23(24,25)26/h5-12H,27H2,1-4H3. The fourth-order valence-electron chi connectivity index (χ4n) is 3.40. The molecule has 0 amide bonds. The summed E-state index contributed by atoms with van der Waals surface area (Å²) in [5.41, 5.74) is 10.3. The maximum absolute atomic E-state index is 13.5. The van der Waals surface area contributed by atoms with E-state index >= 15 is 0 Å². The van der Waals surface area contributed by atoms with Crippen molar-refractivity contribution in [1.29, 1.82) is 0 Å². The number of halogens is 3. The maximum atomic E-state index is 13.5. The molecule has 0 fully saturated rings. The van der Waals surface area contributed by atoms with E-state index in [0.717, 1.165) is 39.4 Å². The van der Waals surface area contributed by atoms with Gasteiger partial charge in [-0.15, -0.1) is 0 Å². The molecule has 2 nitrogen and oxygen atoms in total. The van der Waals surface area contributed by atoms with Gasteiger partial charge in [0.05, 0.1) is 0 Å². The van der Waals surface area contributed by atoms with Crippen molar-refractivity contribution in [1.82, 2.24) is 0 Å². The predicted molar refractivity (Wildman–Crippen MR) is 107 cm³/mol. The molecular weight excluding hydrogens is 363 g/mol. The van der Waals surface area contributed by atoms with Crippen LogP contribution in [0.5, 0.6) is 11.5 Å². The van der Waals surface area contributed by atoms with Crippen molar-refractivity contribution in [3.63, 3.8) is 0 Å². The van der Waals surface area contributed by atoms with Crippen molar-refractivity contribution in [2.24, 2.45) is 0 Å². The largest absolute Gasteiger partial charge is 0.456 e. The van der Waals surface area contributed by atoms with Crippen molar-refractivity contribution in [3.8, 4) is 22.6 Å². The molecule has 3 aromatic rings. The Morgan fingerprint density at radius 1 is 0.786 bits per heavy atom. The van der Waals surface area contributed by atoms with Crippen molar-refractivity contribution in [3.05, 3.63) is 76.3 Å². The monoisotopic (exact) mass is 385 g/mol. The first kappa shape index (κ1) is 19.8. The van der Waals surface area contributed by atoms with Crippen molar-refractivity contribution in [2.75, 3.05) is 5.73 Å². The van der Waals surface area contributed by atoms with E-state index in [0.29, 0.717) is 5.75 Å². The number of hydrogen-bond donors (Lipinski definition) is 1. The smallest absolute Gasteiger partial charge is 0.420 e. The lowest BCUT2D eigenvalue weighted by atomic mass is 9.96. The molecule has 2 N–H and O–H groups in total. The second-order valence-corrected chi connectivity index (χ2v) is 7.19. The molecule has 0 atom stereocenters. The Balaban J connectivity index is 2.19. The van der Waals surface area contributed by atoms with Gasteiger partial charge in [-0.2, -0.15) is 13.2 Å². The van der Waals surface area contributed by atoms with Crippen LogP contribution in [0.3, 0.4) is 0 Å². The third-order valence-corrected chi connectivity index (χ3v) is 4.47. The van der Waals surface area contributed by atoms with Crippen LogP contribution in [0.15, 0.2) is 48.5 Å². The Morgan fingerprint density at radius 2 is 1.39 bits per heavy atom. The van der Waals surface area contributed by atoms with Crippen LogP contribution in [-0.4, -0.2) is 0 Å². The highest BCUT2D eigenvalue weighted by molar-refractivity contribution is 5.75. The van der Waals surface area contributed by atoms with E-state index in [2.05, 4.69) is 6.07 Å². The van der Waals surface area contributed by atoms with Crippen LogP contribution >= 0.6 is 0 Å². The Hall–Kier alpha value is -2.95. The highest BCUT2D eigenvalue weighted by Gasteiger charge is 2.35. The number of alkyl halides is 3. The SMILES string of the molecule is Cc1cc(C)cc(-c2cc(C)cc(C)c2Oc2ccc(N)cc2C(F)(F)F)c1. The molecule has 0 unspecified atom stereocenters. The second kappa shape index (κ2) is 7.23. The normalized spacial score (nSPS) is 11.5. The molecule has 0 saturated carbocycles. The van der Waals surface area contributed by atoms with Crippen LogP contribution in [0.4, 0.5) is 18.9 Å². The first-order valence-electron chi connectivity index (χ1n) is 8.89. The van der Waals surface area contributed by atoms with E-state index in [4.69, 9.17) is 10.5 Å². The molecule has 146 valence electrons. The zero-order valence-corrected chi connectivity index (χ0v) is 16.2. The minimum Gasteiger partial charge on any atom is -0.456 e. The fraction of sp³-hybridized carbons (Fsp3) is 0.217. The van der Waals surface area contributed by atoms with Crippen LogP contribution < -0.4 is 10.5 Å². The van der Waals surface area contributed by atoms with Gasteiger partial charge in [0.2, 0.25) is 0 Å². The molecule has 3 rings (SSSR count). The summed E-state index contributed by atoms with van der Waals surface area (Å²) < 4.78 is 46.3. The molecule has 0 saturated heterocycles. The van der Waals surface area contributed by atoms with Gasteiger partial charge in [-0.1, -0.05) is 35.4 Å². The Labute approximate surface area is 162 Å². The van der Waals surface area contributed by atoms with E-state index < -0.39 is 11.7 Å². The quantitative estimate of drug-likeness (QED) is 0.494. The molecular formula is C23H22F3NO. The van der Waals surface area contributed by atoms with Gasteiger partial charge in [0.15, 0.2) is 0 Å². The number of ether oxygens (including phenoxy) is 1. The first-order chi connectivity index (χ1) is 13.0. The van der Waals surface area contributed by atoms with Crippen LogP contribution in [-0.2, 0) is 6.18 Å². The first-order valence-corrected chi connectivity index (χ1v) is 8.89. The Kier molecular flexibility index (Phi) is 5.11. The van der Waals surface area contributed by atoms with Crippen LogP contribution in [0.1, 0.15) is 27.8 Å². The van der Waals surface area contributed by atoms with Gasteiger partial charge >= 0.3 is 6.18 Å². The van der Waals surface area contributed by atoms with Gasteiger partial charge in [-0.25, -0.2) is 0 Å². The summed E-state index contributed by atoms with van der Waals surface area (Å²) in [5, 5.41) is 0. The molecule has 0 radical (unpaired) electrons. The van der Waals surface area contributed by atoms with Crippen molar-refractivity contribution >= 4 is 5.69 Å². The molecule has 0 heterocycles. The van der Waals surface area contributed by atoms with E-state index in [1.807, 2.05) is 52.0 Å². The molecule has 0 aliphatic carbocycles. The average molecular weight is 385 g/mol. The second-order valence-electron chi connectivity index (χ2n) is 7.19. The Morgan fingerprint density at radius 3 is 2.00 bits per heavy atom. The summed E-state index contributed by atoms with van der Waals surface area (Å²) in [4.78, 5) is 0. The lowest BCUT2D eigenvalue weighted by Gasteiger charge is -2.19. The van der Waals surface area contributed by atoms with E-state index in [1.54, 1.807) is 0 Å². The molecule has 0 spiro atoms. The lowest BCUT2D eigenvalue weighted by molar-refractivity contribution is -0.138. The van der Waals surface area contributed by atoms with Crippen LogP contribution in [0.25, 0.3) is 11.1 Å². The lowest BCUT2D eigenvalue weighted by Crippen LogP contribution is -2.08. The maximum Gasteiger partial charge on any atom is 0.420 e. The number of nitrogen functional groups attached to an aromatic ring is 1.